The average Bonchev–Trinajstić information content (AvgIpc) is 2.78. The average molecular weight is 411 g/mol. The molecule has 0 bridgehead atoms. The van der Waals surface area contributed by atoms with Gasteiger partial charge in [0.05, 0.1) is 14.2 Å². The summed E-state index contributed by atoms with van der Waals surface area (Å²) in [4.78, 5) is 26.9. The minimum Gasteiger partial charge on any atom is -0.493 e. The van der Waals surface area contributed by atoms with E-state index in [2.05, 4.69) is 5.32 Å². The second kappa shape index (κ2) is 10.1. The molecule has 0 aliphatic carbocycles. The van der Waals surface area contributed by atoms with Gasteiger partial charge in [-0.3, -0.25) is 9.59 Å². The molecule has 0 saturated carbocycles. The van der Waals surface area contributed by atoms with E-state index in [1.54, 1.807) is 14.2 Å². The Morgan fingerprint density at radius 3 is 2.30 bits per heavy atom. The highest BCUT2D eigenvalue weighted by Gasteiger charge is 2.24. The zero-order valence-electron chi connectivity index (χ0n) is 17.9. The van der Waals surface area contributed by atoms with Crippen LogP contribution in [-0.4, -0.2) is 50.1 Å². The van der Waals surface area contributed by atoms with Crippen molar-refractivity contribution < 1.29 is 19.1 Å². The first-order chi connectivity index (χ1) is 14.5. The van der Waals surface area contributed by atoms with E-state index in [4.69, 9.17) is 9.47 Å². The topological polar surface area (TPSA) is 67.9 Å². The van der Waals surface area contributed by atoms with Crippen molar-refractivity contribution in [3.05, 3.63) is 59.2 Å². The summed E-state index contributed by atoms with van der Waals surface area (Å²) < 4.78 is 10.6. The number of carbonyl (C=O) groups is 2. The number of nitrogens with one attached hydrogen (secondary N) is 1. The van der Waals surface area contributed by atoms with Crippen LogP contribution in [0, 0.1) is 6.92 Å². The molecule has 0 radical (unpaired) electrons. The summed E-state index contributed by atoms with van der Waals surface area (Å²) in [5.74, 6) is 1.44. The summed E-state index contributed by atoms with van der Waals surface area (Å²) in [6, 6.07) is 13.5. The number of aryl methyl sites for hydroxylation is 2. The lowest BCUT2D eigenvalue weighted by Crippen LogP contribution is -2.46. The van der Waals surface area contributed by atoms with Crippen LogP contribution in [0.2, 0.25) is 0 Å². The fourth-order valence-corrected chi connectivity index (χ4v) is 3.70. The second-order valence-electron chi connectivity index (χ2n) is 7.69. The van der Waals surface area contributed by atoms with E-state index in [1.807, 2.05) is 54.3 Å². The van der Waals surface area contributed by atoms with Crippen LogP contribution >= 0.6 is 0 Å². The Kier molecular flexibility index (Phi) is 7.33. The van der Waals surface area contributed by atoms with Gasteiger partial charge >= 0.3 is 0 Å². The van der Waals surface area contributed by atoms with Crippen LogP contribution in [-0.2, 0) is 11.2 Å². The van der Waals surface area contributed by atoms with Crippen LogP contribution in [0.5, 0.6) is 11.5 Å². The normalized spacial score (nSPS) is 14.3. The summed E-state index contributed by atoms with van der Waals surface area (Å²) >= 11 is 0. The van der Waals surface area contributed by atoms with E-state index >= 15 is 0 Å². The number of amides is 2. The Balaban J connectivity index is 1.44. The molecule has 0 unspecified atom stereocenters. The van der Waals surface area contributed by atoms with Crippen molar-refractivity contribution >= 4 is 11.8 Å². The SMILES string of the molecule is COc1ccc(CCC(=O)NC2CCN(C(=O)c3ccc(C)cc3)CC2)cc1OC. The molecule has 160 valence electrons. The zero-order valence-corrected chi connectivity index (χ0v) is 17.9. The van der Waals surface area contributed by atoms with Gasteiger partial charge in [0.1, 0.15) is 0 Å². The van der Waals surface area contributed by atoms with Crippen LogP contribution in [0.1, 0.15) is 40.7 Å². The molecule has 1 N–H and O–H groups in total. The highest BCUT2D eigenvalue weighted by atomic mass is 16.5. The molecule has 30 heavy (non-hydrogen) atoms. The molecule has 1 fully saturated rings. The molecular weight excluding hydrogens is 380 g/mol. The van der Waals surface area contributed by atoms with Gasteiger partial charge in [0.15, 0.2) is 11.5 Å². The van der Waals surface area contributed by atoms with E-state index in [9.17, 15) is 9.59 Å². The quantitative estimate of drug-likeness (QED) is 0.760. The largest absolute Gasteiger partial charge is 0.493 e. The van der Waals surface area contributed by atoms with Gasteiger partial charge < -0.3 is 19.7 Å². The number of piperidine rings is 1. The van der Waals surface area contributed by atoms with E-state index in [0.717, 1.165) is 29.5 Å². The van der Waals surface area contributed by atoms with E-state index in [-0.39, 0.29) is 17.9 Å². The minimum absolute atomic E-state index is 0.0353. The number of rotatable bonds is 7. The number of hydrogen-bond acceptors (Lipinski definition) is 4. The smallest absolute Gasteiger partial charge is 0.253 e. The maximum atomic E-state index is 12.6. The third-order valence-electron chi connectivity index (χ3n) is 5.53. The standard InChI is InChI=1S/C24H30N2O4/c1-17-4-8-19(9-5-17)24(28)26-14-12-20(13-15-26)25-23(27)11-7-18-6-10-21(29-2)22(16-18)30-3/h4-6,8-10,16,20H,7,11-15H2,1-3H3,(H,25,27). The van der Waals surface area contributed by atoms with Gasteiger partial charge in [0, 0.05) is 31.1 Å². The first kappa shape index (κ1) is 21.7. The van der Waals surface area contributed by atoms with Gasteiger partial charge in [0.2, 0.25) is 5.91 Å². The van der Waals surface area contributed by atoms with Crippen molar-refractivity contribution in [3.63, 3.8) is 0 Å². The van der Waals surface area contributed by atoms with Crippen molar-refractivity contribution in [1.82, 2.24) is 10.2 Å². The number of methoxy groups -OCH3 is 2. The summed E-state index contributed by atoms with van der Waals surface area (Å²) in [5, 5.41) is 3.11. The molecule has 0 atom stereocenters. The predicted octanol–water partition coefficient (Wildman–Crippen LogP) is 3.37. The lowest BCUT2D eigenvalue weighted by molar-refractivity contribution is -0.122. The summed E-state index contributed by atoms with van der Waals surface area (Å²) in [7, 11) is 3.20. The van der Waals surface area contributed by atoms with Gasteiger partial charge in [-0.25, -0.2) is 0 Å². The van der Waals surface area contributed by atoms with Crippen LogP contribution in [0.25, 0.3) is 0 Å². The molecule has 3 rings (SSSR count). The zero-order chi connectivity index (χ0) is 21.5. The van der Waals surface area contributed by atoms with Crippen molar-refractivity contribution in [2.75, 3.05) is 27.3 Å². The Hall–Kier alpha value is -3.02. The molecular formula is C24H30N2O4. The summed E-state index contributed by atoms with van der Waals surface area (Å²) in [5.41, 5.74) is 2.89. The van der Waals surface area contributed by atoms with Gasteiger partial charge in [-0.15, -0.1) is 0 Å². The number of benzene rings is 2. The minimum atomic E-state index is 0.0353. The summed E-state index contributed by atoms with van der Waals surface area (Å²) in [6.45, 7) is 3.33. The van der Waals surface area contributed by atoms with Crippen LogP contribution < -0.4 is 14.8 Å². The number of hydrogen-bond donors (Lipinski definition) is 1. The maximum absolute atomic E-state index is 12.6. The molecule has 2 aromatic carbocycles. The van der Waals surface area contributed by atoms with Crippen LogP contribution in [0.15, 0.2) is 42.5 Å². The lowest BCUT2D eigenvalue weighted by atomic mass is 10.0. The Bertz CT molecular complexity index is 871. The third-order valence-corrected chi connectivity index (χ3v) is 5.53. The number of likely N-dealkylation sites (tertiary alicyclic amines) is 1. The molecule has 6 heteroatoms. The first-order valence-electron chi connectivity index (χ1n) is 10.4. The molecule has 2 aromatic rings. The van der Waals surface area contributed by atoms with Crippen LogP contribution in [0.4, 0.5) is 0 Å². The fraction of sp³-hybridized carbons (Fsp3) is 0.417. The number of ether oxygens (including phenoxy) is 2. The second-order valence-corrected chi connectivity index (χ2v) is 7.69. The molecule has 2 amide bonds. The van der Waals surface area contributed by atoms with Crippen molar-refractivity contribution in [3.8, 4) is 11.5 Å². The molecule has 1 aliphatic rings. The van der Waals surface area contributed by atoms with Crippen molar-refractivity contribution in [2.24, 2.45) is 0 Å². The lowest BCUT2D eigenvalue weighted by Gasteiger charge is -2.32. The number of nitrogens with zero attached hydrogens (tertiary/aromatic N) is 1. The van der Waals surface area contributed by atoms with E-state index < -0.39 is 0 Å². The van der Waals surface area contributed by atoms with Crippen molar-refractivity contribution in [2.45, 2.75) is 38.6 Å². The molecule has 0 spiro atoms. The molecule has 1 saturated heterocycles. The predicted molar refractivity (Wildman–Crippen MR) is 116 cm³/mol. The first-order valence-corrected chi connectivity index (χ1v) is 10.4. The van der Waals surface area contributed by atoms with Crippen molar-refractivity contribution in [1.29, 1.82) is 0 Å². The summed E-state index contributed by atoms with van der Waals surface area (Å²) in [6.07, 6.45) is 2.61. The Labute approximate surface area is 178 Å². The molecule has 1 aliphatic heterocycles. The van der Waals surface area contributed by atoms with Crippen LogP contribution in [0.3, 0.4) is 0 Å². The third kappa shape index (κ3) is 5.53. The Morgan fingerprint density at radius 1 is 1.00 bits per heavy atom. The number of carbonyl (C=O) groups excluding carboxylic acids is 2. The fourth-order valence-electron chi connectivity index (χ4n) is 3.70. The van der Waals surface area contributed by atoms with E-state index in [1.165, 1.54) is 0 Å². The highest BCUT2D eigenvalue weighted by molar-refractivity contribution is 5.94. The van der Waals surface area contributed by atoms with Gasteiger partial charge in [-0.2, -0.15) is 0 Å². The van der Waals surface area contributed by atoms with E-state index in [0.29, 0.717) is 37.4 Å². The van der Waals surface area contributed by atoms with Gasteiger partial charge in [-0.05, 0) is 56.0 Å². The monoisotopic (exact) mass is 410 g/mol. The maximum Gasteiger partial charge on any atom is 0.253 e. The molecule has 1 heterocycles. The highest BCUT2D eigenvalue weighted by Crippen LogP contribution is 2.28. The van der Waals surface area contributed by atoms with Gasteiger partial charge in [0.25, 0.3) is 5.91 Å². The Morgan fingerprint density at radius 2 is 1.67 bits per heavy atom. The van der Waals surface area contributed by atoms with Gasteiger partial charge in [-0.1, -0.05) is 23.8 Å². The molecule has 6 nitrogen and oxygen atoms in total. The molecule has 0 aromatic heterocycles.